The van der Waals surface area contributed by atoms with Crippen molar-refractivity contribution in [3.63, 3.8) is 0 Å². The van der Waals surface area contributed by atoms with Gasteiger partial charge in [0.15, 0.2) is 0 Å². The van der Waals surface area contributed by atoms with Crippen LogP contribution >= 0.6 is 0 Å². The van der Waals surface area contributed by atoms with Crippen LogP contribution in [-0.2, 0) is 9.53 Å². The molecule has 0 aliphatic carbocycles. The third-order valence-electron chi connectivity index (χ3n) is 2.69. The van der Waals surface area contributed by atoms with Crippen LogP contribution in [0.5, 0.6) is 0 Å². The van der Waals surface area contributed by atoms with Gasteiger partial charge >= 0.3 is 5.97 Å². The minimum absolute atomic E-state index is 0.153. The summed E-state index contributed by atoms with van der Waals surface area (Å²) in [5, 5.41) is 11.6. The summed E-state index contributed by atoms with van der Waals surface area (Å²) in [6, 6.07) is 4.65. The lowest BCUT2D eigenvalue weighted by Crippen LogP contribution is -2.13. The van der Waals surface area contributed by atoms with E-state index in [4.69, 9.17) is 9.84 Å². The molecule has 0 radical (unpaired) electrons. The number of hydrogen-bond acceptors (Lipinski definition) is 3. The number of anilines is 1. The summed E-state index contributed by atoms with van der Waals surface area (Å²) < 4.78 is 5.18. The third-order valence-corrected chi connectivity index (χ3v) is 2.69. The number of carbonyl (C=O) groups excluding carboxylic acids is 1. The second-order valence-corrected chi connectivity index (χ2v) is 4.35. The first-order valence-corrected chi connectivity index (χ1v) is 6.37. The van der Waals surface area contributed by atoms with Crippen LogP contribution < -0.4 is 5.32 Å². The van der Waals surface area contributed by atoms with Crippen molar-refractivity contribution >= 4 is 17.6 Å². The molecule has 1 rings (SSSR count). The number of hydrogen-bond donors (Lipinski definition) is 2. The summed E-state index contributed by atoms with van der Waals surface area (Å²) in [4.78, 5) is 22.6. The number of nitrogens with one attached hydrogen (secondary N) is 1. The zero-order chi connectivity index (χ0) is 15.0. The van der Waals surface area contributed by atoms with Crippen LogP contribution in [0, 0.1) is 6.92 Å². The predicted molar refractivity (Wildman–Crippen MR) is 77.0 cm³/mol. The van der Waals surface area contributed by atoms with E-state index in [9.17, 15) is 9.59 Å². The predicted octanol–water partition coefficient (Wildman–Crippen LogP) is 2.61. The third kappa shape index (κ3) is 5.24. The Kier molecular flexibility index (Phi) is 6.46. The number of amides is 1. The summed E-state index contributed by atoms with van der Waals surface area (Å²) >= 11 is 0. The topological polar surface area (TPSA) is 75.6 Å². The molecule has 108 valence electrons. The fourth-order valence-corrected chi connectivity index (χ4v) is 1.60. The number of carboxylic acids is 1. The molecule has 0 aromatic heterocycles. The van der Waals surface area contributed by atoms with Gasteiger partial charge in [0.05, 0.1) is 12.2 Å². The van der Waals surface area contributed by atoms with Crippen LogP contribution in [0.15, 0.2) is 30.9 Å². The smallest absolute Gasteiger partial charge is 0.335 e. The van der Waals surface area contributed by atoms with E-state index >= 15 is 0 Å². The number of aryl methyl sites for hydroxylation is 1. The Morgan fingerprint density at radius 1 is 1.45 bits per heavy atom. The standard InChI is InChI=1S/C15H19NO4/c1-3-8-20-9-4-5-14(17)16-13-10-12(15(18)19)7-6-11(13)2/h3,6-7,10H,1,4-5,8-9H2,2H3,(H,16,17)(H,18,19). The maximum Gasteiger partial charge on any atom is 0.335 e. The highest BCUT2D eigenvalue weighted by Crippen LogP contribution is 2.17. The van der Waals surface area contributed by atoms with Crippen LogP contribution in [-0.4, -0.2) is 30.2 Å². The lowest BCUT2D eigenvalue weighted by molar-refractivity contribution is -0.116. The molecular formula is C15H19NO4. The second-order valence-electron chi connectivity index (χ2n) is 4.35. The Bertz CT molecular complexity index is 497. The largest absolute Gasteiger partial charge is 0.478 e. The fourth-order valence-electron chi connectivity index (χ4n) is 1.60. The molecule has 0 aliphatic rings. The van der Waals surface area contributed by atoms with Gasteiger partial charge < -0.3 is 15.2 Å². The molecule has 1 aromatic carbocycles. The Hall–Kier alpha value is -2.14. The second kappa shape index (κ2) is 8.12. The van der Waals surface area contributed by atoms with E-state index in [1.54, 1.807) is 12.1 Å². The molecule has 0 unspecified atom stereocenters. The first-order chi connectivity index (χ1) is 9.54. The molecular weight excluding hydrogens is 258 g/mol. The molecule has 0 saturated heterocycles. The van der Waals surface area contributed by atoms with E-state index in [1.165, 1.54) is 12.1 Å². The maximum absolute atomic E-state index is 11.7. The van der Waals surface area contributed by atoms with Gasteiger partial charge in [-0.1, -0.05) is 12.1 Å². The van der Waals surface area contributed by atoms with E-state index in [-0.39, 0.29) is 11.5 Å². The van der Waals surface area contributed by atoms with Gasteiger partial charge in [-0.3, -0.25) is 4.79 Å². The zero-order valence-electron chi connectivity index (χ0n) is 11.5. The molecule has 5 nitrogen and oxygen atoms in total. The number of carbonyl (C=O) groups is 2. The van der Waals surface area contributed by atoms with Gasteiger partial charge in [-0.05, 0) is 31.0 Å². The first kappa shape index (κ1) is 15.9. The summed E-state index contributed by atoms with van der Waals surface area (Å²) in [6.07, 6.45) is 2.59. The van der Waals surface area contributed by atoms with E-state index < -0.39 is 5.97 Å². The van der Waals surface area contributed by atoms with Gasteiger partial charge in [-0.25, -0.2) is 4.79 Å². The Morgan fingerprint density at radius 3 is 2.85 bits per heavy atom. The molecule has 0 heterocycles. The van der Waals surface area contributed by atoms with E-state index in [0.29, 0.717) is 31.7 Å². The van der Waals surface area contributed by atoms with Gasteiger partial charge in [0.1, 0.15) is 0 Å². The molecule has 0 bridgehead atoms. The molecule has 1 amide bonds. The highest BCUT2D eigenvalue weighted by molar-refractivity contribution is 5.94. The van der Waals surface area contributed by atoms with Crippen molar-refractivity contribution < 1.29 is 19.4 Å². The molecule has 0 fully saturated rings. The minimum Gasteiger partial charge on any atom is -0.478 e. The summed E-state index contributed by atoms with van der Waals surface area (Å²) in [7, 11) is 0. The molecule has 0 saturated carbocycles. The lowest BCUT2D eigenvalue weighted by atomic mass is 10.1. The molecule has 2 N–H and O–H groups in total. The molecule has 20 heavy (non-hydrogen) atoms. The molecule has 0 aliphatic heterocycles. The quantitative estimate of drug-likeness (QED) is 0.565. The van der Waals surface area contributed by atoms with Gasteiger partial charge in [0.25, 0.3) is 0 Å². The van der Waals surface area contributed by atoms with Crippen LogP contribution in [0.3, 0.4) is 0 Å². The van der Waals surface area contributed by atoms with E-state index in [0.717, 1.165) is 5.56 Å². The van der Waals surface area contributed by atoms with Crippen molar-refractivity contribution in [2.24, 2.45) is 0 Å². The van der Waals surface area contributed by atoms with Crippen LogP contribution in [0.25, 0.3) is 0 Å². The summed E-state index contributed by atoms with van der Waals surface area (Å²) in [5.41, 5.74) is 1.51. The highest BCUT2D eigenvalue weighted by Gasteiger charge is 2.08. The number of benzene rings is 1. The Morgan fingerprint density at radius 2 is 2.20 bits per heavy atom. The summed E-state index contributed by atoms with van der Waals surface area (Å²) in [6.45, 7) is 6.31. The van der Waals surface area contributed by atoms with Crippen LogP contribution in [0.2, 0.25) is 0 Å². The normalized spacial score (nSPS) is 10.1. The number of ether oxygens (including phenoxy) is 1. The SMILES string of the molecule is C=CCOCCCC(=O)Nc1cc(C(=O)O)ccc1C. The van der Waals surface area contributed by atoms with Gasteiger partial charge in [-0.2, -0.15) is 0 Å². The number of rotatable bonds is 8. The zero-order valence-corrected chi connectivity index (χ0v) is 11.5. The minimum atomic E-state index is -1.02. The molecule has 0 spiro atoms. The Labute approximate surface area is 118 Å². The van der Waals surface area contributed by atoms with Crippen LogP contribution in [0.1, 0.15) is 28.8 Å². The molecule has 1 aromatic rings. The highest BCUT2D eigenvalue weighted by atomic mass is 16.5. The van der Waals surface area contributed by atoms with Crippen molar-refractivity contribution in [2.45, 2.75) is 19.8 Å². The average molecular weight is 277 g/mol. The van der Waals surface area contributed by atoms with Gasteiger partial charge in [-0.15, -0.1) is 6.58 Å². The fraction of sp³-hybridized carbons (Fsp3) is 0.333. The molecule has 0 atom stereocenters. The van der Waals surface area contributed by atoms with Crippen LogP contribution in [0.4, 0.5) is 5.69 Å². The number of carboxylic acid groups (broad SMARTS) is 1. The van der Waals surface area contributed by atoms with Gasteiger partial charge in [0.2, 0.25) is 5.91 Å². The molecule has 5 heteroatoms. The van der Waals surface area contributed by atoms with Crippen molar-refractivity contribution in [1.82, 2.24) is 0 Å². The summed E-state index contributed by atoms with van der Waals surface area (Å²) in [5.74, 6) is -1.17. The Balaban J connectivity index is 2.50. The van der Waals surface area contributed by atoms with Crippen molar-refractivity contribution in [3.8, 4) is 0 Å². The van der Waals surface area contributed by atoms with Gasteiger partial charge in [0, 0.05) is 18.7 Å². The van der Waals surface area contributed by atoms with E-state index in [1.807, 2.05) is 6.92 Å². The van der Waals surface area contributed by atoms with Crippen molar-refractivity contribution in [1.29, 1.82) is 0 Å². The monoisotopic (exact) mass is 277 g/mol. The van der Waals surface area contributed by atoms with Crippen molar-refractivity contribution in [3.05, 3.63) is 42.0 Å². The maximum atomic E-state index is 11.7. The van der Waals surface area contributed by atoms with E-state index in [2.05, 4.69) is 11.9 Å². The van der Waals surface area contributed by atoms with Crippen molar-refractivity contribution in [2.75, 3.05) is 18.5 Å². The first-order valence-electron chi connectivity index (χ1n) is 6.37. The number of aromatic carboxylic acids is 1. The average Bonchev–Trinajstić information content (AvgIpc) is 2.40. The lowest BCUT2D eigenvalue weighted by Gasteiger charge is -2.09.